The second kappa shape index (κ2) is 10.3. The third-order valence-corrected chi connectivity index (χ3v) is 5.02. The molecule has 1 aromatic heterocycles. The van der Waals surface area contributed by atoms with Crippen LogP contribution in [-0.4, -0.2) is 21.1 Å². The van der Waals surface area contributed by atoms with Crippen molar-refractivity contribution in [2.45, 2.75) is 27.5 Å². The number of hydrogen-bond donors (Lipinski definition) is 0. The molecule has 0 amide bonds. The van der Waals surface area contributed by atoms with Crippen molar-refractivity contribution in [3.05, 3.63) is 71.3 Å². The van der Waals surface area contributed by atoms with Gasteiger partial charge >= 0.3 is 0 Å². The van der Waals surface area contributed by atoms with Crippen LogP contribution >= 0.6 is 69.6 Å². The predicted molar refractivity (Wildman–Crippen MR) is 135 cm³/mol. The molecule has 0 aliphatic rings. The quantitative estimate of drug-likeness (QED) is 0.237. The van der Waals surface area contributed by atoms with Crippen molar-refractivity contribution >= 4 is 81.8 Å². The molecule has 0 N–H and O–H groups in total. The molecule has 0 saturated heterocycles. The lowest BCUT2D eigenvalue weighted by Gasteiger charge is -2.15. The number of rotatable bonds is 5. The van der Waals surface area contributed by atoms with Crippen LogP contribution in [0.3, 0.4) is 0 Å². The highest BCUT2D eigenvalue weighted by Gasteiger charge is 2.34. The average molecular weight is 552 g/mol. The molecule has 0 spiro atoms. The summed E-state index contributed by atoms with van der Waals surface area (Å²) in [6.07, 6.45) is 4.08. The molecule has 2 aromatic carbocycles. The first-order chi connectivity index (χ1) is 14.9. The Hall–Kier alpha value is -1.27. The molecule has 0 radical (unpaired) electrons. The highest BCUT2D eigenvalue weighted by molar-refractivity contribution is 6.67. The summed E-state index contributed by atoms with van der Waals surface area (Å²) >= 11 is 35.6. The van der Waals surface area contributed by atoms with E-state index in [0.717, 1.165) is 16.9 Å². The summed E-state index contributed by atoms with van der Waals surface area (Å²) in [5, 5.41) is 0. The van der Waals surface area contributed by atoms with E-state index in [-0.39, 0.29) is 23.6 Å². The topological polar surface area (TPSA) is 47.9 Å². The van der Waals surface area contributed by atoms with E-state index in [9.17, 15) is 0 Å². The molecule has 0 bridgehead atoms. The predicted octanol–water partition coefficient (Wildman–Crippen LogP) is 8.15. The van der Waals surface area contributed by atoms with E-state index in [1.54, 1.807) is 0 Å². The summed E-state index contributed by atoms with van der Waals surface area (Å²) in [7, 11) is 0. The Kier molecular flexibility index (Phi) is 8.19. The van der Waals surface area contributed by atoms with Crippen LogP contribution in [0.4, 0.5) is 0 Å². The molecule has 0 atom stereocenters. The molecule has 32 heavy (non-hydrogen) atoms. The Bertz CT molecular complexity index is 1070. The van der Waals surface area contributed by atoms with Crippen molar-refractivity contribution in [3.63, 3.8) is 0 Å². The van der Waals surface area contributed by atoms with Crippen molar-refractivity contribution in [1.82, 2.24) is 15.0 Å². The second-order valence-electron chi connectivity index (χ2n) is 7.00. The van der Waals surface area contributed by atoms with Gasteiger partial charge in [-0.2, -0.15) is 0 Å². The number of nitrogens with zero attached hydrogens (tertiary/aromatic N) is 3. The number of hydrogen-bond acceptors (Lipinski definition) is 4. The zero-order valence-corrected chi connectivity index (χ0v) is 21.4. The SMILES string of the molecule is CC(C)Oc1cccc(C=Cc2ccc(-c3nc(C(Cl)(Cl)Cl)nc(C(Cl)(Cl)Cl)n3)cc2)c1. The maximum atomic E-state index is 5.93. The minimum Gasteiger partial charge on any atom is -0.491 e. The monoisotopic (exact) mass is 549 g/mol. The van der Waals surface area contributed by atoms with Gasteiger partial charge in [-0.15, -0.1) is 0 Å². The van der Waals surface area contributed by atoms with Gasteiger partial charge in [0.15, 0.2) is 17.5 Å². The van der Waals surface area contributed by atoms with E-state index in [2.05, 4.69) is 15.0 Å². The summed E-state index contributed by atoms with van der Waals surface area (Å²) in [6, 6.07) is 15.3. The van der Waals surface area contributed by atoms with E-state index in [1.807, 2.05) is 74.5 Å². The Labute approximate surface area is 216 Å². The molecule has 3 aromatic rings. The van der Waals surface area contributed by atoms with Crippen molar-refractivity contribution in [2.75, 3.05) is 0 Å². The third kappa shape index (κ3) is 7.11. The molecule has 4 nitrogen and oxygen atoms in total. The standard InChI is InChI=1S/C22H17Cl6N3O/c1-13(2)32-17-5-3-4-15(12-17)7-6-14-8-10-16(11-9-14)18-29-19(21(23,24)25)31-20(30-18)22(26,27)28/h3-13H,1-2H3. The molecular formula is C22H17Cl6N3O. The summed E-state index contributed by atoms with van der Waals surface area (Å²) in [6.45, 7) is 3.98. The van der Waals surface area contributed by atoms with Gasteiger partial charge in [0, 0.05) is 5.56 Å². The maximum Gasteiger partial charge on any atom is 0.250 e. The van der Waals surface area contributed by atoms with E-state index in [1.165, 1.54) is 0 Å². The molecule has 0 unspecified atom stereocenters. The van der Waals surface area contributed by atoms with Crippen LogP contribution in [0.1, 0.15) is 36.6 Å². The third-order valence-electron chi connectivity index (χ3n) is 4.01. The van der Waals surface area contributed by atoms with Crippen LogP contribution in [0, 0.1) is 0 Å². The van der Waals surface area contributed by atoms with Crippen LogP contribution in [0.2, 0.25) is 0 Å². The smallest absolute Gasteiger partial charge is 0.250 e. The van der Waals surface area contributed by atoms with Gasteiger partial charge in [0.25, 0.3) is 0 Å². The number of alkyl halides is 6. The molecule has 3 rings (SSSR count). The molecule has 10 heteroatoms. The van der Waals surface area contributed by atoms with Crippen molar-refractivity contribution < 1.29 is 4.74 Å². The minimum absolute atomic E-state index is 0.112. The highest BCUT2D eigenvalue weighted by Crippen LogP contribution is 2.40. The van der Waals surface area contributed by atoms with E-state index in [0.29, 0.717) is 5.56 Å². The minimum atomic E-state index is -1.90. The van der Waals surface area contributed by atoms with Gasteiger partial charge in [0.2, 0.25) is 7.59 Å². The van der Waals surface area contributed by atoms with Gasteiger partial charge in [-0.05, 0) is 37.1 Å². The van der Waals surface area contributed by atoms with E-state index < -0.39 is 7.59 Å². The van der Waals surface area contributed by atoms with E-state index in [4.69, 9.17) is 74.3 Å². The van der Waals surface area contributed by atoms with Gasteiger partial charge in [0.05, 0.1) is 6.10 Å². The molecule has 0 aliphatic carbocycles. The Balaban J connectivity index is 1.86. The zero-order chi connectivity index (χ0) is 23.5. The van der Waals surface area contributed by atoms with Crippen LogP contribution in [0.5, 0.6) is 5.75 Å². The average Bonchev–Trinajstić information content (AvgIpc) is 2.71. The second-order valence-corrected chi connectivity index (χ2v) is 11.6. The first kappa shape index (κ1) is 25.4. The van der Waals surface area contributed by atoms with Crippen LogP contribution in [0.15, 0.2) is 48.5 Å². The highest BCUT2D eigenvalue weighted by atomic mass is 35.6. The van der Waals surface area contributed by atoms with Crippen molar-refractivity contribution in [3.8, 4) is 17.1 Å². The lowest BCUT2D eigenvalue weighted by Crippen LogP contribution is -2.16. The molecule has 0 fully saturated rings. The summed E-state index contributed by atoms with van der Waals surface area (Å²) < 4.78 is 1.92. The summed E-state index contributed by atoms with van der Waals surface area (Å²) in [5.74, 6) is 0.765. The molecule has 1 heterocycles. The number of benzene rings is 2. The largest absolute Gasteiger partial charge is 0.491 e. The lowest BCUT2D eigenvalue weighted by molar-refractivity contribution is 0.242. The Morgan fingerprint density at radius 3 is 1.84 bits per heavy atom. The van der Waals surface area contributed by atoms with Gasteiger partial charge in [-0.25, -0.2) is 15.0 Å². The molecular weight excluding hydrogens is 535 g/mol. The summed E-state index contributed by atoms with van der Waals surface area (Å²) in [5.41, 5.74) is 2.62. The van der Waals surface area contributed by atoms with Gasteiger partial charge in [-0.1, -0.05) is 118 Å². The fourth-order valence-corrected chi connectivity index (χ4v) is 3.17. The van der Waals surface area contributed by atoms with Crippen LogP contribution in [-0.2, 0) is 7.59 Å². The van der Waals surface area contributed by atoms with Crippen molar-refractivity contribution in [2.24, 2.45) is 0 Å². The molecule has 168 valence electrons. The summed E-state index contributed by atoms with van der Waals surface area (Å²) in [4.78, 5) is 12.4. The normalized spacial score (nSPS) is 12.5. The first-order valence-electron chi connectivity index (χ1n) is 9.37. The van der Waals surface area contributed by atoms with Gasteiger partial charge in [0.1, 0.15) is 5.75 Å². The first-order valence-corrected chi connectivity index (χ1v) is 11.6. The molecule has 0 saturated carbocycles. The van der Waals surface area contributed by atoms with Crippen LogP contribution in [0.25, 0.3) is 23.5 Å². The fourth-order valence-electron chi connectivity index (χ4n) is 2.66. The number of ether oxygens (including phenoxy) is 1. The van der Waals surface area contributed by atoms with Crippen molar-refractivity contribution in [1.29, 1.82) is 0 Å². The number of halogens is 6. The van der Waals surface area contributed by atoms with Gasteiger partial charge in [-0.3, -0.25) is 0 Å². The van der Waals surface area contributed by atoms with Gasteiger partial charge < -0.3 is 4.74 Å². The van der Waals surface area contributed by atoms with E-state index >= 15 is 0 Å². The Morgan fingerprint density at radius 2 is 1.31 bits per heavy atom. The number of aromatic nitrogens is 3. The maximum absolute atomic E-state index is 5.93. The fraction of sp³-hybridized carbons (Fsp3) is 0.227. The Morgan fingerprint density at radius 1 is 0.750 bits per heavy atom. The molecule has 0 aliphatic heterocycles. The lowest BCUT2D eigenvalue weighted by atomic mass is 10.1. The zero-order valence-electron chi connectivity index (χ0n) is 16.9. The van der Waals surface area contributed by atoms with Crippen LogP contribution < -0.4 is 4.74 Å².